The van der Waals surface area contributed by atoms with Crippen LogP contribution < -0.4 is 10.6 Å². The molecule has 0 atom stereocenters. The van der Waals surface area contributed by atoms with Crippen LogP contribution in [0.5, 0.6) is 0 Å². The fourth-order valence-corrected chi connectivity index (χ4v) is 2.18. The standard InChI is InChI=1S/C16H36N4O/c1-5-12-20(13-6-2)14-9-10-18-16(17-7-3)19-11-15-21-8-4/h5-15H2,1-4H3,(H2,17,18,19). The third-order valence-corrected chi connectivity index (χ3v) is 3.07. The summed E-state index contributed by atoms with van der Waals surface area (Å²) in [4.78, 5) is 7.15. The Morgan fingerprint density at radius 1 is 1.00 bits per heavy atom. The van der Waals surface area contributed by atoms with E-state index in [4.69, 9.17) is 4.74 Å². The molecule has 0 spiro atoms. The summed E-state index contributed by atoms with van der Waals surface area (Å²) in [5.41, 5.74) is 0. The Hall–Kier alpha value is -0.810. The van der Waals surface area contributed by atoms with E-state index in [1.165, 1.54) is 25.9 Å². The predicted molar refractivity (Wildman–Crippen MR) is 92.1 cm³/mol. The molecule has 2 N–H and O–H groups in total. The van der Waals surface area contributed by atoms with E-state index in [0.29, 0.717) is 0 Å². The molecule has 0 saturated heterocycles. The number of guanidine groups is 1. The van der Waals surface area contributed by atoms with Gasteiger partial charge in [0.25, 0.3) is 0 Å². The molecule has 0 unspecified atom stereocenters. The summed E-state index contributed by atoms with van der Waals surface area (Å²) in [6, 6.07) is 0. The number of nitrogens with one attached hydrogen (secondary N) is 2. The topological polar surface area (TPSA) is 48.9 Å². The second kappa shape index (κ2) is 15.6. The molecule has 0 aliphatic rings. The van der Waals surface area contributed by atoms with Crippen molar-refractivity contribution in [2.75, 3.05) is 52.5 Å². The van der Waals surface area contributed by atoms with E-state index in [-0.39, 0.29) is 0 Å². The Bertz CT molecular complexity index is 240. The van der Waals surface area contributed by atoms with Gasteiger partial charge in [-0.2, -0.15) is 0 Å². The highest BCUT2D eigenvalue weighted by molar-refractivity contribution is 5.79. The first-order valence-electron chi connectivity index (χ1n) is 8.60. The monoisotopic (exact) mass is 300 g/mol. The van der Waals surface area contributed by atoms with Crippen molar-refractivity contribution in [1.29, 1.82) is 0 Å². The number of hydrogen-bond acceptors (Lipinski definition) is 3. The molecule has 0 amide bonds. The van der Waals surface area contributed by atoms with Crippen molar-refractivity contribution < 1.29 is 4.74 Å². The third-order valence-electron chi connectivity index (χ3n) is 3.07. The third kappa shape index (κ3) is 12.6. The zero-order chi connectivity index (χ0) is 15.8. The molecule has 21 heavy (non-hydrogen) atoms. The molecule has 0 fully saturated rings. The number of rotatable bonds is 13. The van der Waals surface area contributed by atoms with Gasteiger partial charge in [-0.1, -0.05) is 13.8 Å². The minimum atomic E-state index is 0.724. The van der Waals surface area contributed by atoms with Crippen molar-refractivity contribution >= 4 is 5.96 Å². The fraction of sp³-hybridized carbons (Fsp3) is 0.938. The Morgan fingerprint density at radius 3 is 2.29 bits per heavy atom. The molecule has 0 aromatic carbocycles. The van der Waals surface area contributed by atoms with E-state index in [1.54, 1.807) is 0 Å². The minimum absolute atomic E-state index is 0.724. The van der Waals surface area contributed by atoms with Gasteiger partial charge in [0.15, 0.2) is 5.96 Å². The van der Waals surface area contributed by atoms with Gasteiger partial charge in [-0.3, -0.25) is 4.99 Å². The molecule has 126 valence electrons. The van der Waals surface area contributed by atoms with Crippen LogP contribution >= 0.6 is 0 Å². The molecule has 0 aromatic heterocycles. The van der Waals surface area contributed by atoms with Gasteiger partial charge in [0.05, 0.1) is 6.61 Å². The summed E-state index contributed by atoms with van der Waals surface area (Å²) in [6.45, 7) is 16.2. The maximum atomic E-state index is 5.32. The van der Waals surface area contributed by atoms with Crippen LogP contribution in [-0.4, -0.2) is 63.3 Å². The van der Waals surface area contributed by atoms with Gasteiger partial charge >= 0.3 is 0 Å². The quantitative estimate of drug-likeness (QED) is 0.311. The number of nitrogens with zero attached hydrogens (tertiary/aromatic N) is 2. The van der Waals surface area contributed by atoms with Gasteiger partial charge in [-0.05, 0) is 52.7 Å². The average molecular weight is 300 g/mol. The highest BCUT2D eigenvalue weighted by Crippen LogP contribution is 1.96. The van der Waals surface area contributed by atoms with Crippen LogP contribution in [0.2, 0.25) is 0 Å². The molecule has 0 heterocycles. The summed E-state index contributed by atoms with van der Waals surface area (Å²) in [7, 11) is 0. The maximum Gasteiger partial charge on any atom is 0.191 e. The van der Waals surface area contributed by atoms with Crippen LogP contribution in [0.3, 0.4) is 0 Å². The molecule has 0 rings (SSSR count). The maximum absolute atomic E-state index is 5.32. The fourth-order valence-electron chi connectivity index (χ4n) is 2.18. The number of ether oxygens (including phenoxy) is 1. The lowest BCUT2D eigenvalue weighted by molar-refractivity contribution is 0.152. The molecule has 0 saturated carbocycles. The second-order valence-electron chi connectivity index (χ2n) is 5.08. The molecule has 0 aromatic rings. The summed E-state index contributed by atoms with van der Waals surface area (Å²) in [5.74, 6) is 0.898. The van der Waals surface area contributed by atoms with Crippen molar-refractivity contribution in [1.82, 2.24) is 15.5 Å². The molecular weight excluding hydrogens is 264 g/mol. The molecule has 0 bridgehead atoms. The first-order valence-corrected chi connectivity index (χ1v) is 8.60. The van der Waals surface area contributed by atoms with Gasteiger partial charge < -0.3 is 20.3 Å². The van der Waals surface area contributed by atoms with E-state index in [1.807, 2.05) is 6.92 Å². The van der Waals surface area contributed by atoms with Crippen LogP contribution in [0.25, 0.3) is 0 Å². The van der Waals surface area contributed by atoms with Crippen LogP contribution in [0, 0.1) is 0 Å². The second-order valence-corrected chi connectivity index (χ2v) is 5.08. The van der Waals surface area contributed by atoms with Crippen molar-refractivity contribution in [2.45, 2.75) is 47.0 Å². The van der Waals surface area contributed by atoms with Crippen LogP contribution in [-0.2, 0) is 4.74 Å². The van der Waals surface area contributed by atoms with E-state index in [2.05, 4.69) is 41.3 Å². The van der Waals surface area contributed by atoms with Crippen molar-refractivity contribution in [3.63, 3.8) is 0 Å². The minimum Gasteiger partial charge on any atom is -0.380 e. The van der Waals surface area contributed by atoms with Crippen molar-refractivity contribution in [2.24, 2.45) is 4.99 Å². The normalized spacial score (nSPS) is 12.0. The van der Waals surface area contributed by atoms with Crippen LogP contribution in [0.15, 0.2) is 4.99 Å². The van der Waals surface area contributed by atoms with Gasteiger partial charge in [0.1, 0.15) is 0 Å². The van der Waals surface area contributed by atoms with E-state index in [0.717, 1.165) is 51.8 Å². The Morgan fingerprint density at radius 2 is 1.71 bits per heavy atom. The summed E-state index contributed by atoms with van der Waals surface area (Å²) >= 11 is 0. The first-order chi connectivity index (χ1) is 10.3. The van der Waals surface area contributed by atoms with Gasteiger partial charge in [-0.15, -0.1) is 0 Å². The summed E-state index contributed by atoms with van der Waals surface area (Å²) in [5, 5.41) is 6.56. The molecule has 0 radical (unpaired) electrons. The van der Waals surface area contributed by atoms with E-state index in [9.17, 15) is 0 Å². The lowest BCUT2D eigenvalue weighted by Crippen LogP contribution is -2.39. The zero-order valence-corrected chi connectivity index (χ0v) is 14.6. The zero-order valence-electron chi connectivity index (χ0n) is 14.6. The molecular formula is C16H36N4O. The average Bonchev–Trinajstić information content (AvgIpc) is 2.48. The van der Waals surface area contributed by atoms with Crippen LogP contribution in [0.4, 0.5) is 0 Å². The summed E-state index contributed by atoms with van der Waals surface area (Å²) in [6.07, 6.45) is 3.57. The first kappa shape index (κ1) is 20.2. The van der Waals surface area contributed by atoms with Gasteiger partial charge in [0.2, 0.25) is 0 Å². The largest absolute Gasteiger partial charge is 0.380 e. The molecule has 5 nitrogen and oxygen atoms in total. The number of hydrogen-bond donors (Lipinski definition) is 2. The van der Waals surface area contributed by atoms with E-state index < -0.39 is 0 Å². The smallest absolute Gasteiger partial charge is 0.191 e. The lowest BCUT2D eigenvalue weighted by atomic mass is 10.3. The SMILES string of the molecule is CCCN(CCC)CCCN=C(NCC)NCCOCC. The van der Waals surface area contributed by atoms with Crippen molar-refractivity contribution in [3.05, 3.63) is 0 Å². The predicted octanol–water partition coefficient (Wildman–Crippen LogP) is 2.09. The number of aliphatic imine (C=N–C) groups is 1. The Kier molecular flexibility index (Phi) is 15.0. The Labute approximate surface area is 131 Å². The van der Waals surface area contributed by atoms with E-state index >= 15 is 0 Å². The summed E-state index contributed by atoms with van der Waals surface area (Å²) < 4.78 is 5.32. The van der Waals surface area contributed by atoms with Crippen LogP contribution in [0.1, 0.15) is 47.0 Å². The van der Waals surface area contributed by atoms with Crippen molar-refractivity contribution in [3.8, 4) is 0 Å². The van der Waals surface area contributed by atoms with Gasteiger partial charge in [-0.25, -0.2) is 0 Å². The highest BCUT2D eigenvalue weighted by Gasteiger charge is 2.02. The lowest BCUT2D eigenvalue weighted by Gasteiger charge is -2.20. The molecule has 0 aliphatic carbocycles. The Balaban J connectivity index is 3.94. The highest BCUT2D eigenvalue weighted by atomic mass is 16.5. The molecule has 5 heteroatoms. The van der Waals surface area contributed by atoms with Gasteiger partial charge in [0, 0.05) is 26.2 Å². The molecule has 0 aliphatic heterocycles.